The molecular formula is C17H15N3O. The van der Waals surface area contributed by atoms with Crippen LogP contribution in [0.1, 0.15) is 12.0 Å². The standard InChI is InChI=1S/C17H15N3O/c18-12-13-2-4-14(5-3-13)15-6-8-16(9-7-15)20-11-1-10-19-17(20)21/h2-9H,1,10-11H2,(H,19,21). The van der Waals surface area contributed by atoms with Crippen molar-refractivity contribution in [3.05, 3.63) is 54.1 Å². The van der Waals surface area contributed by atoms with Gasteiger partial charge in [0.05, 0.1) is 11.6 Å². The Hall–Kier alpha value is -2.80. The average Bonchev–Trinajstić information content (AvgIpc) is 2.56. The lowest BCUT2D eigenvalue weighted by Gasteiger charge is -2.27. The quantitative estimate of drug-likeness (QED) is 0.916. The van der Waals surface area contributed by atoms with Crippen molar-refractivity contribution in [1.29, 1.82) is 5.26 Å². The molecule has 3 rings (SSSR count). The van der Waals surface area contributed by atoms with Gasteiger partial charge in [-0.2, -0.15) is 5.26 Å². The van der Waals surface area contributed by atoms with Gasteiger partial charge in [-0.1, -0.05) is 24.3 Å². The molecule has 1 aliphatic heterocycles. The highest BCUT2D eigenvalue weighted by Crippen LogP contribution is 2.24. The molecule has 0 aliphatic carbocycles. The first kappa shape index (κ1) is 13.2. The predicted octanol–water partition coefficient (Wildman–Crippen LogP) is 3.14. The van der Waals surface area contributed by atoms with E-state index in [-0.39, 0.29) is 6.03 Å². The molecule has 2 aromatic carbocycles. The Morgan fingerprint density at radius 2 is 1.62 bits per heavy atom. The van der Waals surface area contributed by atoms with Crippen molar-refractivity contribution in [2.24, 2.45) is 0 Å². The van der Waals surface area contributed by atoms with E-state index < -0.39 is 0 Å². The van der Waals surface area contributed by atoms with Crippen LogP contribution in [0.4, 0.5) is 10.5 Å². The summed E-state index contributed by atoms with van der Waals surface area (Å²) in [6, 6.07) is 17.5. The van der Waals surface area contributed by atoms with Crippen molar-refractivity contribution in [3.63, 3.8) is 0 Å². The highest BCUT2D eigenvalue weighted by molar-refractivity contribution is 5.92. The minimum atomic E-state index is -0.0348. The summed E-state index contributed by atoms with van der Waals surface area (Å²) in [6.07, 6.45) is 0.961. The zero-order chi connectivity index (χ0) is 14.7. The van der Waals surface area contributed by atoms with Gasteiger partial charge in [-0.3, -0.25) is 4.90 Å². The van der Waals surface area contributed by atoms with Crippen LogP contribution in [-0.4, -0.2) is 19.1 Å². The fourth-order valence-corrected chi connectivity index (χ4v) is 2.45. The van der Waals surface area contributed by atoms with Crippen LogP contribution < -0.4 is 10.2 Å². The molecule has 2 aromatic rings. The monoisotopic (exact) mass is 277 g/mol. The van der Waals surface area contributed by atoms with Crippen LogP contribution in [0.3, 0.4) is 0 Å². The maximum absolute atomic E-state index is 11.8. The topological polar surface area (TPSA) is 56.1 Å². The summed E-state index contributed by atoms with van der Waals surface area (Å²) in [7, 11) is 0. The molecule has 0 atom stereocenters. The molecule has 1 aliphatic rings. The number of nitrogens with one attached hydrogen (secondary N) is 1. The second kappa shape index (κ2) is 5.68. The minimum absolute atomic E-state index is 0.0348. The lowest BCUT2D eigenvalue weighted by atomic mass is 10.0. The molecule has 4 nitrogen and oxygen atoms in total. The van der Waals surface area contributed by atoms with Crippen molar-refractivity contribution in [3.8, 4) is 17.2 Å². The predicted molar refractivity (Wildman–Crippen MR) is 82.0 cm³/mol. The molecular weight excluding hydrogens is 262 g/mol. The third-order valence-corrected chi connectivity index (χ3v) is 3.61. The molecule has 0 unspecified atom stereocenters. The summed E-state index contributed by atoms with van der Waals surface area (Å²) in [4.78, 5) is 13.6. The molecule has 0 saturated carbocycles. The normalized spacial score (nSPS) is 14.4. The lowest BCUT2D eigenvalue weighted by molar-refractivity contribution is 0.243. The summed E-state index contributed by atoms with van der Waals surface area (Å²) >= 11 is 0. The van der Waals surface area contributed by atoms with Gasteiger partial charge in [0.15, 0.2) is 0 Å². The number of amides is 2. The molecule has 1 fully saturated rings. The number of rotatable bonds is 2. The first-order valence-corrected chi connectivity index (χ1v) is 6.94. The van der Waals surface area contributed by atoms with Gasteiger partial charge in [0.2, 0.25) is 0 Å². The summed E-state index contributed by atoms with van der Waals surface area (Å²) in [5.41, 5.74) is 3.69. The Morgan fingerprint density at radius 1 is 1.00 bits per heavy atom. The average molecular weight is 277 g/mol. The van der Waals surface area contributed by atoms with Crippen LogP contribution in [0.25, 0.3) is 11.1 Å². The molecule has 0 radical (unpaired) electrons. The number of anilines is 1. The van der Waals surface area contributed by atoms with Crippen LogP contribution in [0.5, 0.6) is 0 Å². The second-order valence-electron chi connectivity index (χ2n) is 4.97. The number of carbonyl (C=O) groups is 1. The molecule has 104 valence electrons. The van der Waals surface area contributed by atoms with Gasteiger partial charge in [0, 0.05) is 18.8 Å². The Balaban J connectivity index is 1.83. The number of carbonyl (C=O) groups excluding carboxylic acids is 1. The van der Waals surface area contributed by atoms with E-state index in [2.05, 4.69) is 11.4 Å². The van der Waals surface area contributed by atoms with Crippen LogP contribution in [0, 0.1) is 11.3 Å². The van der Waals surface area contributed by atoms with Crippen molar-refractivity contribution >= 4 is 11.7 Å². The molecule has 1 N–H and O–H groups in total. The Morgan fingerprint density at radius 3 is 2.19 bits per heavy atom. The Kier molecular flexibility index (Phi) is 3.57. The van der Waals surface area contributed by atoms with Crippen molar-refractivity contribution in [2.75, 3.05) is 18.0 Å². The van der Waals surface area contributed by atoms with E-state index in [0.717, 1.165) is 36.3 Å². The van der Waals surface area contributed by atoms with Crippen LogP contribution in [0.15, 0.2) is 48.5 Å². The van der Waals surface area contributed by atoms with E-state index in [1.54, 1.807) is 17.0 Å². The van der Waals surface area contributed by atoms with Gasteiger partial charge in [-0.15, -0.1) is 0 Å². The van der Waals surface area contributed by atoms with E-state index in [4.69, 9.17) is 5.26 Å². The summed E-state index contributed by atoms with van der Waals surface area (Å²) in [6.45, 7) is 1.50. The van der Waals surface area contributed by atoms with Crippen LogP contribution in [-0.2, 0) is 0 Å². The highest BCUT2D eigenvalue weighted by atomic mass is 16.2. The largest absolute Gasteiger partial charge is 0.338 e. The summed E-state index contributed by atoms with van der Waals surface area (Å²) < 4.78 is 0. The molecule has 21 heavy (non-hydrogen) atoms. The van der Waals surface area contributed by atoms with E-state index in [1.165, 1.54) is 0 Å². The molecule has 4 heteroatoms. The van der Waals surface area contributed by atoms with Crippen molar-refractivity contribution < 1.29 is 4.79 Å². The number of urea groups is 1. The highest BCUT2D eigenvalue weighted by Gasteiger charge is 2.18. The fourth-order valence-electron chi connectivity index (χ4n) is 2.45. The van der Waals surface area contributed by atoms with Crippen molar-refractivity contribution in [2.45, 2.75) is 6.42 Å². The molecule has 0 bridgehead atoms. The second-order valence-corrected chi connectivity index (χ2v) is 4.97. The zero-order valence-corrected chi connectivity index (χ0v) is 11.5. The Labute approximate surface area is 123 Å². The fraction of sp³-hybridized carbons (Fsp3) is 0.176. The Bertz CT molecular complexity index is 683. The van der Waals surface area contributed by atoms with Gasteiger partial charge in [-0.25, -0.2) is 4.79 Å². The molecule has 0 aromatic heterocycles. The van der Waals surface area contributed by atoms with E-state index >= 15 is 0 Å². The number of hydrogen-bond donors (Lipinski definition) is 1. The smallest absolute Gasteiger partial charge is 0.321 e. The van der Waals surface area contributed by atoms with Crippen LogP contribution >= 0.6 is 0 Å². The number of nitrogens with zero attached hydrogens (tertiary/aromatic N) is 2. The van der Waals surface area contributed by atoms with E-state index in [0.29, 0.717) is 5.56 Å². The molecule has 0 spiro atoms. The van der Waals surface area contributed by atoms with Gasteiger partial charge < -0.3 is 5.32 Å². The first-order chi connectivity index (χ1) is 10.3. The van der Waals surface area contributed by atoms with E-state index in [1.807, 2.05) is 36.4 Å². The molecule has 1 heterocycles. The van der Waals surface area contributed by atoms with Crippen molar-refractivity contribution in [1.82, 2.24) is 5.32 Å². The van der Waals surface area contributed by atoms with Gasteiger partial charge in [0.1, 0.15) is 0 Å². The maximum atomic E-state index is 11.8. The van der Waals surface area contributed by atoms with Gasteiger partial charge in [-0.05, 0) is 41.8 Å². The molecule has 1 saturated heterocycles. The van der Waals surface area contributed by atoms with E-state index in [9.17, 15) is 4.79 Å². The number of hydrogen-bond acceptors (Lipinski definition) is 2. The third-order valence-electron chi connectivity index (χ3n) is 3.61. The third kappa shape index (κ3) is 2.72. The SMILES string of the molecule is N#Cc1ccc(-c2ccc(N3CCCNC3=O)cc2)cc1. The summed E-state index contributed by atoms with van der Waals surface area (Å²) in [5, 5.41) is 11.7. The maximum Gasteiger partial charge on any atom is 0.321 e. The number of nitriles is 1. The van der Waals surface area contributed by atoms with Crippen LogP contribution in [0.2, 0.25) is 0 Å². The number of benzene rings is 2. The summed E-state index contributed by atoms with van der Waals surface area (Å²) in [5.74, 6) is 0. The first-order valence-electron chi connectivity index (χ1n) is 6.94. The van der Waals surface area contributed by atoms with Gasteiger partial charge in [0.25, 0.3) is 0 Å². The minimum Gasteiger partial charge on any atom is -0.338 e. The van der Waals surface area contributed by atoms with Gasteiger partial charge >= 0.3 is 6.03 Å². The lowest BCUT2D eigenvalue weighted by Crippen LogP contribution is -2.46. The zero-order valence-electron chi connectivity index (χ0n) is 11.5. The molecule has 2 amide bonds.